The number of sulfone groups is 1. The molecule has 14 heteroatoms. The smallest absolute Gasteiger partial charge is 0.351 e. The molecule has 4 rings (SSSR count). The molecule has 1 spiro atoms. The van der Waals surface area contributed by atoms with E-state index in [0.29, 0.717) is 18.6 Å². The zero-order valence-corrected chi connectivity index (χ0v) is 17.6. The van der Waals surface area contributed by atoms with Crippen molar-refractivity contribution in [1.29, 1.82) is 0 Å². The number of hydrogen-bond donors (Lipinski definition) is 2. The average molecular weight is 483 g/mol. The van der Waals surface area contributed by atoms with Crippen LogP contribution in [0.25, 0.3) is 0 Å². The molecule has 1 saturated carbocycles. The van der Waals surface area contributed by atoms with Crippen molar-refractivity contribution in [3.63, 3.8) is 0 Å². The van der Waals surface area contributed by atoms with E-state index in [9.17, 15) is 36.0 Å². The summed E-state index contributed by atoms with van der Waals surface area (Å²) in [6, 6.07) is 2.93. The third-order valence-electron chi connectivity index (χ3n) is 5.63. The molecule has 3 N–H and O–H groups in total. The normalized spacial score (nSPS) is 22.7. The third kappa shape index (κ3) is 3.28. The van der Waals surface area contributed by atoms with Gasteiger partial charge in [-0.15, -0.1) is 0 Å². The SMILES string of the molecule is CC1CC12C(=O)N(c1ccc(S(=O)(=O)C(F)(F)F)cc1)C(=O)N2c1ccncc1NC(N)=O. The highest BCUT2D eigenvalue weighted by Crippen LogP contribution is 2.56. The highest BCUT2D eigenvalue weighted by molar-refractivity contribution is 7.92. The molecule has 1 aliphatic carbocycles. The molecule has 0 bridgehead atoms. The van der Waals surface area contributed by atoms with E-state index >= 15 is 0 Å². The molecule has 174 valence electrons. The zero-order valence-electron chi connectivity index (χ0n) is 16.8. The summed E-state index contributed by atoms with van der Waals surface area (Å²) < 4.78 is 61.6. The van der Waals surface area contributed by atoms with E-state index in [1.807, 2.05) is 0 Å². The summed E-state index contributed by atoms with van der Waals surface area (Å²) in [6.45, 7) is 1.74. The molecule has 1 aliphatic heterocycles. The molecule has 2 fully saturated rings. The number of aromatic nitrogens is 1. The van der Waals surface area contributed by atoms with Crippen LogP contribution in [0.4, 0.5) is 39.8 Å². The fourth-order valence-electron chi connectivity index (χ4n) is 3.93. The largest absolute Gasteiger partial charge is 0.501 e. The molecule has 1 aromatic heterocycles. The van der Waals surface area contributed by atoms with Gasteiger partial charge in [-0.3, -0.25) is 14.7 Å². The number of benzene rings is 1. The van der Waals surface area contributed by atoms with Crippen molar-refractivity contribution < 1.29 is 36.0 Å². The lowest BCUT2D eigenvalue weighted by Crippen LogP contribution is -2.39. The second kappa shape index (κ2) is 7.16. The molecule has 5 amide bonds. The van der Waals surface area contributed by atoms with Crippen LogP contribution in [0.1, 0.15) is 13.3 Å². The predicted molar refractivity (Wildman–Crippen MR) is 109 cm³/mol. The molecule has 2 atom stereocenters. The Morgan fingerprint density at radius 1 is 1.21 bits per heavy atom. The second-order valence-corrected chi connectivity index (χ2v) is 9.55. The van der Waals surface area contributed by atoms with Crippen molar-refractivity contribution in [2.24, 2.45) is 11.7 Å². The van der Waals surface area contributed by atoms with Crippen molar-refractivity contribution in [3.8, 4) is 0 Å². The Hall–Kier alpha value is -3.68. The lowest BCUT2D eigenvalue weighted by atomic mass is 10.1. The lowest BCUT2D eigenvalue weighted by Gasteiger charge is -2.24. The Bertz CT molecular complexity index is 1280. The molecule has 2 aliphatic rings. The Labute approximate surface area is 185 Å². The summed E-state index contributed by atoms with van der Waals surface area (Å²) in [5, 5.41) is 2.34. The van der Waals surface area contributed by atoms with Crippen LogP contribution < -0.4 is 20.9 Å². The summed E-state index contributed by atoms with van der Waals surface area (Å²) in [4.78, 5) is 42.8. The highest BCUT2D eigenvalue weighted by atomic mass is 32.2. The second-order valence-electron chi connectivity index (χ2n) is 7.61. The first kappa shape index (κ1) is 22.5. The van der Waals surface area contributed by atoms with Gasteiger partial charge in [0, 0.05) is 6.20 Å². The molecule has 0 radical (unpaired) electrons. The van der Waals surface area contributed by atoms with Gasteiger partial charge in [0.25, 0.3) is 15.7 Å². The molecular formula is C19H16F3N5O5S. The molecule has 10 nitrogen and oxygen atoms in total. The van der Waals surface area contributed by atoms with Crippen LogP contribution in [0.5, 0.6) is 0 Å². The Morgan fingerprint density at radius 2 is 1.82 bits per heavy atom. The first-order valence-electron chi connectivity index (χ1n) is 9.43. The number of urea groups is 2. The summed E-state index contributed by atoms with van der Waals surface area (Å²) in [6.07, 6.45) is 2.89. The zero-order chi connectivity index (χ0) is 24.3. The number of alkyl halides is 3. The van der Waals surface area contributed by atoms with E-state index in [-0.39, 0.29) is 23.0 Å². The molecule has 2 aromatic rings. The number of amides is 5. The quantitative estimate of drug-likeness (QED) is 0.640. The van der Waals surface area contributed by atoms with Crippen LogP contribution in [0.2, 0.25) is 0 Å². The summed E-state index contributed by atoms with van der Waals surface area (Å²) >= 11 is 0. The van der Waals surface area contributed by atoms with E-state index in [1.165, 1.54) is 23.4 Å². The van der Waals surface area contributed by atoms with Crippen molar-refractivity contribution in [2.75, 3.05) is 15.1 Å². The van der Waals surface area contributed by atoms with Gasteiger partial charge in [0.15, 0.2) is 0 Å². The number of carbonyl (C=O) groups is 3. The topological polar surface area (TPSA) is 143 Å². The number of hydrogen-bond acceptors (Lipinski definition) is 6. The number of halogens is 3. The van der Waals surface area contributed by atoms with Crippen LogP contribution in [0.3, 0.4) is 0 Å². The maximum atomic E-state index is 13.4. The van der Waals surface area contributed by atoms with Gasteiger partial charge in [-0.25, -0.2) is 22.9 Å². The number of pyridine rings is 1. The highest BCUT2D eigenvalue weighted by Gasteiger charge is 2.71. The van der Waals surface area contributed by atoms with E-state index in [1.54, 1.807) is 6.92 Å². The maximum Gasteiger partial charge on any atom is 0.501 e. The first-order chi connectivity index (χ1) is 15.3. The van der Waals surface area contributed by atoms with Crippen molar-refractivity contribution >= 4 is 44.9 Å². The minimum atomic E-state index is -5.59. The molecule has 33 heavy (non-hydrogen) atoms. The molecule has 2 unspecified atom stereocenters. The van der Waals surface area contributed by atoms with Crippen LogP contribution in [-0.2, 0) is 14.6 Å². The Balaban J connectivity index is 1.76. The van der Waals surface area contributed by atoms with Gasteiger partial charge in [-0.1, -0.05) is 6.92 Å². The van der Waals surface area contributed by atoms with E-state index in [0.717, 1.165) is 17.0 Å². The fraction of sp³-hybridized carbons (Fsp3) is 0.263. The molecule has 1 saturated heterocycles. The van der Waals surface area contributed by atoms with Crippen LogP contribution in [0, 0.1) is 5.92 Å². The monoisotopic (exact) mass is 483 g/mol. The minimum absolute atomic E-state index is 0.0816. The molecule has 2 heterocycles. The van der Waals surface area contributed by atoms with Gasteiger partial charge in [0.2, 0.25) is 0 Å². The van der Waals surface area contributed by atoms with E-state index in [4.69, 9.17) is 5.73 Å². The Morgan fingerprint density at radius 3 is 2.33 bits per heavy atom. The van der Waals surface area contributed by atoms with E-state index in [2.05, 4.69) is 10.3 Å². The molecular weight excluding hydrogens is 467 g/mol. The average Bonchev–Trinajstić information content (AvgIpc) is 3.34. The summed E-state index contributed by atoms with van der Waals surface area (Å²) in [5.74, 6) is -0.897. The third-order valence-corrected chi connectivity index (χ3v) is 7.14. The fourth-order valence-corrected chi connectivity index (χ4v) is 4.69. The summed E-state index contributed by atoms with van der Waals surface area (Å²) in [5.41, 5.74) is -1.46. The molecule has 1 aromatic carbocycles. The van der Waals surface area contributed by atoms with Crippen molar-refractivity contribution in [2.45, 2.75) is 29.3 Å². The maximum absolute atomic E-state index is 13.4. The standard InChI is InChI=1S/C19H16F3N5O5S/c1-10-8-18(10)15(28)26(11-2-4-12(5-3-11)33(31,32)19(20,21)22)17(30)27(18)14-6-7-24-9-13(14)25-16(23)29/h2-7,9-10H,8H2,1H3,(H3,23,25,29). The lowest BCUT2D eigenvalue weighted by molar-refractivity contribution is -0.119. The predicted octanol–water partition coefficient (Wildman–Crippen LogP) is 2.62. The number of primary amides is 1. The van der Waals surface area contributed by atoms with Gasteiger partial charge >= 0.3 is 17.6 Å². The van der Waals surface area contributed by atoms with Crippen LogP contribution >= 0.6 is 0 Å². The minimum Gasteiger partial charge on any atom is -0.351 e. The number of nitrogens with one attached hydrogen (secondary N) is 1. The van der Waals surface area contributed by atoms with Crippen molar-refractivity contribution in [1.82, 2.24) is 4.98 Å². The Kier molecular flexibility index (Phi) is 4.89. The van der Waals surface area contributed by atoms with Gasteiger partial charge in [-0.05, 0) is 42.7 Å². The summed E-state index contributed by atoms with van der Waals surface area (Å²) in [7, 11) is -5.59. The van der Waals surface area contributed by atoms with Gasteiger partial charge < -0.3 is 11.1 Å². The van der Waals surface area contributed by atoms with Crippen LogP contribution in [-0.4, -0.2) is 42.4 Å². The van der Waals surface area contributed by atoms with Gasteiger partial charge in [0.05, 0.1) is 28.2 Å². The van der Waals surface area contributed by atoms with Crippen LogP contribution in [0.15, 0.2) is 47.6 Å². The van der Waals surface area contributed by atoms with Gasteiger partial charge in [-0.2, -0.15) is 13.2 Å². The van der Waals surface area contributed by atoms with Crippen molar-refractivity contribution in [3.05, 3.63) is 42.7 Å². The number of rotatable bonds is 4. The number of imide groups is 1. The number of nitrogens with zero attached hydrogens (tertiary/aromatic N) is 3. The number of nitrogens with two attached hydrogens (primary N) is 1. The number of carbonyl (C=O) groups excluding carboxylic acids is 3. The van der Waals surface area contributed by atoms with E-state index < -0.39 is 43.7 Å². The number of anilines is 3. The van der Waals surface area contributed by atoms with Gasteiger partial charge in [0.1, 0.15) is 5.54 Å². The first-order valence-corrected chi connectivity index (χ1v) is 10.9.